The normalized spacial score (nSPS) is 8.23. The smallest absolute Gasteiger partial charge is 0.0894 e. The molecule has 0 radical (unpaired) electrons. The van der Waals surface area contributed by atoms with Gasteiger partial charge in [0.1, 0.15) is 0 Å². The molecule has 0 heterocycles. The van der Waals surface area contributed by atoms with Crippen LogP contribution in [-0.2, 0) is 6.42 Å². The molecule has 68 valence electrons. The Bertz CT molecular complexity index is 297. The maximum absolute atomic E-state index is 8.90. The molecule has 1 heteroatoms. The van der Waals surface area contributed by atoms with Crippen LogP contribution in [0.25, 0.3) is 0 Å². The summed E-state index contributed by atoms with van der Waals surface area (Å²) in [5.41, 5.74) is 2.32. The first-order valence-corrected chi connectivity index (χ1v) is 3.94. The fourth-order valence-electron chi connectivity index (χ4n) is 1.06. The van der Waals surface area contributed by atoms with Crippen LogP contribution < -0.4 is 0 Å². The number of rotatable bonds is 2. The molecule has 0 aromatic heterocycles. The van der Waals surface area contributed by atoms with Gasteiger partial charge >= 0.3 is 0 Å². The van der Waals surface area contributed by atoms with Gasteiger partial charge in [-0.25, -0.2) is 0 Å². The van der Waals surface area contributed by atoms with Gasteiger partial charge in [0.25, 0.3) is 0 Å². The average Bonchev–Trinajstić information content (AvgIpc) is 2.06. The van der Waals surface area contributed by atoms with Crippen LogP contribution in [-0.4, -0.2) is 5.11 Å². The number of aryl methyl sites for hydroxylation is 1. The molecule has 0 amide bonds. The minimum Gasteiger partial charge on any atom is -0.513 e. The lowest BCUT2D eigenvalue weighted by atomic mass is 10.1. The zero-order valence-corrected chi connectivity index (χ0v) is 7.83. The minimum absolute atomic E-state index is 0.218. The van der Waals surface area contributed by atoms with E-state index in [0.29, 0.717) is 6.42 Å². The van der Waals surface area contributed by atoms with Crippen LogP contribution in [0.3, 0.4) is 0 Å². The number of hydrogen-bond donors (Lipinski definition) is 1. The van der Waals surface area contributed by atoms with Gasteiger partial charge < -0.3 is 5.11 Å². The lowest BCUT2D eigenvalue weighted by molar-refractivity contribution is 0.401. The topological polar surface area (TPSA) is 20.2 Å². The van der Waals surface area contributed by atoms with Crippen molar-refractivity contribution in [3.8, 4) is 12.8 Å². The number of aliphatic hydroxyl groups excluding tert-OH is 1. The predicted octanol–water partition coefficient (Wildman–Crippen LogP) is 2.86. The summed E-state index contributed by atoms with van der Waals surface area (Å²) in [6.45, 7) is 5.47. The monoisotopic (exact) mass is 174 g/mol. The zero-order chi connectivity index (χ0) is 10.3. The fraction of sp³-hybridized carbons (Fsp3) is 0.167. The third-order valence-corrected chi connectivity index (χ3v) is 1.49. The number of aliphatic hydroxyl groups is 1. The van der Waals surface area contributed by atoms with E-state index in [0.717, 1.165) is 5.56 Å². The molecule has 1 N–H and O–H groups in total. The van der Waals surface area contributed by atoms with Crippen LogP contribution in [0, 0.1) is 19.8 Å². The maximum atomic E-state index is 8.90. The summed E-state index contributed by atoms with van der Waals surface area (Å²) >= 11 is 0. The van der Waals surface area contributed by atoms with E-state index in [-0.39, 0.29) is 5.76 Å². The summed E-state index contributed by atoms with van der Waals surface area (Å²) in [5.74, 6) is 0.218. The van der Waals surface area contributed by atoms with E-state index in [1.807, 2.05) is 31.2 Å². The van der Waals surface area contributed by atoms with Gasteiger partial charge in [-0.05, 0) is 12.5 Å². The Balaban J connectivity index is 0.000000671. The summed E-state index contributed by atoms with van der Waals surface area (Å²) in [7, 11) is 0. The summed E-state index contributed by atoms with van der Waals surface area (Å²) in [4.78, 5) is 0. The second kappa shape index (κ2) is 5.91. The third-order valence-electron chi connectivity index (χ3n) is 1.49. The highest BCUT2D eigenvalue weighted by Gasteiger charge is 1.93. The van der Waals surface area contributed by atoms with Crippen LogP contribution in [0.4, 0.5) is 0 Å². The predicted molar refractivity (Wildman–Crippen MR) is 56.5 cm³/mol. The van der Waals surface area contributed by atoms with Gasteiger partial charge in [-0.3, -0.25) is 0 Å². The fourth-order valence-corrected chi connectivity index (χ4v) is 1.06. The molecule has 0 aliphatic rings. The number of benzene rings is 1. The Kier molecular flexibility index (Phi) is 5.14. The van der Waals surface area contributed by atoms with Gasteiger partial charge in [0.05, 0.1) is 5.76 Å². The highest BCUT2D eigenvalue weighted by Crippen LogP contribution is 2.06. The molecule has 1 aromatic rings. The highest BCUT2D eigenvalue weighted by atomic mass is 16.3. The van der Waals surface area contributed by atoms with E-state index in [2.05, 4.69) is 19.4 Å². The SMILES string of the molecule is C#C.C=C(O)Cc1cccc(C)c1. The second-order valence-corrected chi connectivity index (χ2v) is 2.73. The molecule has 1 aromatic carbocycles. The van der Waals surface area contributed by atoms with Crippen LogP contribution in [0.1, 0.15) is 11.1 Å². The lowest BCUT2D eigenvalue weighted by Gasteiger charge is -1.99. The molecule has 0 spiro atoms. The lowest BCUT2D eigenvalue weighted by Crippen LogP contribution is -1.87. The third kappa shape index (κ3) is 4.71. The maximum Gasteiger partial charge on any atom is 0.0894 e. The van der Waals surface area contributed by atoms with Gasteiger partial charge in [-0.2, -0.15) is 0 Å². The summed E-state index contributed by atoms with van der Waals surface area (Å²) in [5, 5.41) is 8.90. The van der Waals surface area contributed by atoms with Gasteiger partial charge in [0.15, 0.2) is 0 Å². The van der Waals surface area contributed by atoms with Crippen molar-refractivity contribution < 1.29 is 5.11 Å². The number of allylic oxidation sites excluding steroid dienone is 1. The Morgan fingerprint density at radius 3 is 2.54 bits per heavy atom. The second-order valence-electron chi connectivity index (χ2n) is 2.73. The summed E-state index contributed by atoms with van der Waals surface area (Å²) < 4.78 is 0. The standard InChI is InChI=1S/C10H12O.C2H2/c1-8-4-3-5-10(6-8)7-9(2)11;1-2/h3-6,11H,2,7H2,1H3;1-2H. The van der Waals surface area contributed by atoms with Crippen molar-refractivity contribution in [3.63, 3.8) is 0 Å². The molecule has 1 rings (SSSR count). The number of hydrogen-bond acceptors (Lipinski definition) is 1. The first-order valence-electron chi connectivity index (χ1n) is 3.94. The molecule has 0 unspecified atom stereocenters. The van der Waals surface area contributed by atoms with Crippen LogP contribution >= 0.6 is 0 Å². The molecule has 0 saturated heterocycles. The van der Waals surface area contributed by atoms with E-state index in [1.165, 1.54) is 5.56 Å². The van der Waals surface area contributed by atoms with Crippen LogP contribution in [0.2, 0.25) is 0 Å². The van der Waals surface area contributed by atoms with E-state index in [9.17, 15) is 0 Å². The average molecular weight is 174 g/mol. The van der Waals surface area contributed by atoms with Gasteiger partial charge in [-0.1, -0.05) is 36.4 Å². The molecular formula is C12H14O. The Labute approximate surface area is 79.7 Å². The summed E-state index contributed by atoms with van der Waals surface area (Å²) in [6, 6.07) is 8.03. The quantitative estimate of drug-likeness (QED) is 0.540. The molecule has 13 heavy (non-hydrogen) atoms. The largest absolute Gasteiger partial charge is 0.513 e. The van der Waals surface area contributed by atoms with Crippen molar-refractivity contribution in [2.45, 2.75) is 13.3 Å². The molecule has 1 nitrogen and oxygen atoms in total. The molecule has 0 aliphatic carbocycles. The molecule has 0 saturated carbocycles. The van der Waals surface area contributed by atoms with Crippen molar-refractivity contribution in [1.82, 2.24) is 0 Å². The summed E-state index contributed by atoms with van der Waals surface area (Å²) in [6.07, 6.45) is 8.56. The Morgan fingerprint density at radius 1 is 1.46 bits per heavy atom. The van der Waals surface area contributed by atoms with E-state index < -0.39 is 0 Å². The highest BCUT2D eigenvalue weighted by molar-refractivity contribution is 5.24. The minimum atomic E-state index is 0.218. The molecule has 0 aliphatic heterocycles. The van der Waals surface area contributed by atoms with Crippen molar-refractivity contribution in [3.05, 3.63) is 47.7 Å². The van der Waals surface area contributed by atoms with E-state index in [1.54, 1.807) is 0 Å². The van der Waals surface area contributed by atoms with Crippen molar-refractivity contribution in [1.29, 1.82) is 0 Å². The van der Waals surface area contributed by atoms with E-state index >= 15 is 0 Å². The zero-order valence-electron chi connectivity index (χ0n) is 7.83. The van der Waals surface area contributed by atoms with Crippen molar-refractivity contribution >= 4 is 0 Å². The van der Waals surface area contributed by atoms with Gasteiger partial charge in [-0.15, -0.1) is 12.8 Å². The van der Waals surface area contributed by atoms with Gasteiger partial charge in [0, 0.05) is 6.42 Å². The van der Waals surface area contributed by atoms with Crippen molar-refractivity contribution in [2.75, 3.05) is 0 Å². The first-order chi connectivity index (χ1) is 6.18. The van der Waals surface area contributed by atoms with Gasteiger partial charge in [0.2, 0.25) is 0 Å². The number of terminal acetylenes is 1. The molecule has 0 atom stereocenters. The first kappa shape index (κ1) is 11.3. The molecule has 0 bridgehead atoms. The van der Waals surface area contributed by atoms with Crippen LogP contribution in [0.5, 0.6) is 0 Å². The van der Waals surface area contributed by atoms with Crippen molar-refractivity contribution in [2.24, 2.45) is 0 Å². The Morgan fingerprint density at radius 2 is 2.08 bits per heavy atom. The molecule has 0 fully saturated rings. The Hall–Kier alpha value is -1.68. The van der Waals surface area contributed by atoms with Crippen LogP contribution in [0.15, 0.2) is 36.6 Å². The molecular weight excluding hydrogens is 160 g/mol. The van der Waals surface area contributed by atoms with E-state index in [4.69, 9.17) is 5.11 Å².